The molecule has 7 aromatic carbocycles. The number of fused-ring (bicyclic) bond motifs is 6. The van der Waals surface area contributed by atoms with Crippen LogP contribution in [0, 0.1) is 0 Å². The molecule has 0 bridgehead atoms. The molecule has 0 N–H and O–H groups in total. The van der Waals surface area contributed by atoms with Gasteiger partial charge in [-0.2, -0.15) is 0 Å². The Kier molecular flexibility index (Phi) is 8.19. The predicted octanol–water partition coefficient (Wildman–Crippen LogP) is 13.0. The number of benzene rings is 7. The summed E-state index contributed by atoms with van der Waals surface area (Å²) in [5.41, 5.74) is 11.7. The number of rotatable bonds is 7. The van der Waals surface area contributed by atoms with Gasteiger partial charge in [-0.15, -0.1) is 0 Å². The number of para-hydroxylation sites is 4. The summed E-state index contributed by atoms with van der Waals surface area (Å²) in [4.78, 5) is 15.5. The maximum absolute atomic E-state index is 5.25. The maximum Gasteiger partial charge on any atom is 0.164 e. The molecule has 0 saturated heterocycles. The molecule has 3 heterocycles. The highest BCUT2D eigenvalue weighted by Gasteiger charge is 2.19. The third-order valence-electron chi connectivity index (χ3n) is 10.6. The minimum absolute atomic E-state index is 0.606. The third-order valence-corrected chi connectivity index (χ3v) is 10.6. The van der Waals surface area contributed by atoms with Gasteiger partial charge in [-0.25, -0.2) is 15.0 Å². The van der Waals surface area contributed by atoms with Crippen molar-refractivity contribution in [1.29, 1.82) is 0 Å². The first-order chi connectivity index (χ1) is 27.6. The molecule has 10 rings (SSSR count). The van der Waals surface area contributed by atoms with Crippen LogP contribution in [0.3, 0.4) is 0 Å². The lowest BCUT2D eigenvalue weighted by atomic mass is 10.0. The molecule has 10 aromatic rings. The molecule has 0 radical (unpaired) electrons. The number of allylic oxidation sites excluding steroid dienone is 4. The minimum atomic E-state index is 0.606. The quantitative estimate of drug-likeness (QED) is 0.154. The van der Waals surface area contributed by atoms with Gasteiger partial charge in [0.15, 0.2) is 17.5 Å². The van der Waals surface area contributed by atoms with Crippen LogP contribution in [0.4, 0.5) is 0 Å². The molecule has 0 amide bonds. The van der Waals surface area contributed by atoms with Crippen LogP contribution in [0.2, 0.25) is 0 Å². The highest BCUT2D eigenvalue weighted by atomic mass is 15.0. The lowest BCUT2D eigenvalue weighted by Crippen LogP contribution is -2.04. The van der Waals surface area contributed by atoms with Crippen LogP contribution in [0.25, 0.3) is 94.5 Å². The zero-order valence-electron chi connectivity index (χ0n) is 31.1. The first-order valence-corrected chi connectivity index (χ1v) is 19.0. The topological polar surface area (TPSA) is 48.5 Å². The molecule has 266 valence electrons. The zero-order valence-corrected chi connectivity index (χ0v) is 31.1. The first kappa shape index (κ1) is 33.2. The Morgan fingerprint density at radius 2 is 0.839 bits per heavy atom. The molecule has 0 fully saturated rings. The van der Waals surface area contributed by atoms with Gasteiger partial charge in [0, 0.05) is 44.0 Å². The monoisotopic (exact) mass is 719 g/mol. The molecule has 0 aliphatic rings. The van der Waals surface area contributed by atoms with Crippen molar-refractivity contribution in [3.05, 3.63) is 194 Å². The summed E-state index contributed by atoms with van der Waals surface area (Å²) < 4.78 is 4.74. The average molecular weight is 720 g/mol. The average Bonchev–Trinajstić information content (AvgIpc) is 3.79. The van der Waals surface area contributed by atoms with E-state index in [4.69, 9.17) is 15.0 Å². The standard InChI is InChI=1S/C51H37N5/c1-3-4-16-34(2)49-52-50(37-29-27-36(28-30-37)35-17-6-5-7-18-35)54-51(53-49)38-31-39(55-45-23-12-8-19-41(45)42-20-9-13-24-46(42)55)33-40(32-38)56-47-25-14-10-21-43(47)44-22-11-15-26-48(44)56/h3-33H,1-2H3/b4-3-,34-16+. The normalized spacial score (nSPS) is 12.1. The molecule has 0 unspecified atom stereocenters. The highest BCUT2D eigenvalue weighted by Crippen LogP contribution is 2.38. The van der Waals surface area contributed by atoms with Crippen molar-refractivity contribution in [2.45, 2.75) is 13.8 Å². The zero-order chi connectivity index (χ0) is 37.6. The van der Waals surface area contributed by atoms with Gasteiger partial charge >= 0.3 is 0 Å². The molecule has 0 aliphatic carbocycles. The van der Waals surface area contributed by atoms with Crippen molar-refractivity contribution in [2.24, 2.45) is 0 Å². The molecular formula is C51H37N5. The van der Waals surface area contributed by atoms with E-state index < -0.39 is 0 Å². The van der Waals surface area contributed by atoms with Gasteiger partial charge in [0.1, 0.15) is 0 Å². The Labute approximate surface area is 325 Å². The fourth-order valence-corrected chi connectivity index (χ4v) is 7.95. The van der Waals surface area contributed by atoms with E-state index in [2.05, 4.69) is 186 Å². The Bertz CT molecular complexity index is 2910. The summed E-state index contributed by atoms with van der Waals surface area (Å²) in [5, 5.41) is 4.83. The van der Waals surface area contributed by atoms with E-state index in [-0.39, 0.29) is 0 Å². The van der Waals surface area contributed by atoms with Crippen LogP contribution in [0.15, 0.2) is 188 Å². The number of nitrogens with zero attached hydrogens (tertiary/aromatic N) is 5. The van der Waals surface area contributed by atoms with Crippen LogP contribution in [-0.2, 0) is 0 Å². The van der Waals surface area contributed by atoms with Gasteiger partial charge in [0.25, 0.3) is 0 Å². The molecular weight excluding hydrogens is 683 g/mol. The van der Waals surface area contributed by atoms with E-state index in [1.165, 1.54) is 27.1 Å². The van der Waals surface area contributed by atoms with Crippen molar-refractivity contribution in [2.75, 3.05) is 0 Å². The molecule has 0 spiro atoms. The van der Waals surface area contributed by atoms with E-state index in [1.807, 2.05) is 25.1 Å². The summed E-state index contributed by atoms with van der Waals surface area (Å²) in [6.07, 6.45) is 6.10. The fraction of sp³-hybridized carbons (Fsp3) is 0.0392. The smallest absolute Gasteiger partial charge is 0.164 e. The van der Waals surface area contributed by atoms with Crippen LogP contribution in [0.1, 0.15) is 19.7 Å². The van der Waals surface area contributed by atoms with Crippen molar-refractivity contribution >= 4 is 49.2 Å². The second kappa shape index (κ2) is 13.8. The van der Waals surface area contributed by atoms with E-state index >= 15 is 0 Å². The molecule has 3 aromatic heterocycles. The molecule has 5 nitrogen and oxygen atoms in total. The lowest BCUT2D eigenvalue weighted by molar-refractivity contribution is 1.03. The van der Waals surface area contributed by atoms with E-state index in [0.717, 1.165) is 55.7 Å². The summed E-state index contributed by atoms with van der Waals surface area (Å²) in [5.74, 6) is 1.87. The highest BCUT2D eigenvalue weighted by molar-refractivity contribution is 6.10. The first-order valence-electron chi connectivity index (χ1n) is 19.0. The Morgan fingerprint density at radius 3 is 1.32 bits per heavy atom. The second-order valence-corrected chi connectivity index (χ2v) is 14.1. The van der Waals surface area contributed by atoms with Gasteiger partial charge in [-0.3, -0.25) is 0 Å². The van der Waals surface area contributed by atoms with Gasteiger partial charge in [-0.1, -0.05) is 146 Å². The largest absolute Gasteiger partial charge is 0.309 e. The predicted molar refractivity (Wildman–Crippen MR) is 233 cm³/mol. The fourth-order valence-electron chi connectivity index (χ4n) is 7.95. The van der Waals surface area contributed by atoms with Gasteiger partial charge in [0.05, 0.1) is 22.1 Å². The van der Waals surface area contributed by atoms with Crippen molar-refractivity contribution in [1.82, 2.24) is 24.1 Å². The van der Waals surface area contributed by atoms with Gasteiger partial charge in [-0.05, 0) is 73.0 Å². The molecule has 56 heavy (non-hydrogen) atoms. The van der Waals surface area contributed by atoms with Crippen LogP contribution < -0.4 is 0 Å². The van der Waals surface area contributed by atoms with Crippen molar-refractivity contribution < 1.29 is 0 Å². The summed E-state index contributed by atoms with van der Waals surface area (Å²) in [6.45, 7) is 4.07. The van der Waals surface area contributed by atoms with Crippen LogP contribution in [0.5, 0.6) is 0 Å². The molecule has 0 aliphatic heterocycles. The van der Waals surface area contributed by atoms with Crippen LogP contribution >= 0.6 is 0 Å². The van der Waals surface area contributed by atoms with E-state index in [0.29, 0.717) is 17.5 Å². The van der Waals surface area contributed by atoms with Crippen molar-refractivity contribution in [3.63, 3.8) is 0 Å². The Morgan fingerprint density at radius 1 is 0.429 bits per heavy atom. The maximum atomic E-state index is 5.25. The van der Waals surface area contributed by atoms with Gasteiger partial charge < -0.3 is 9.13 Å². The molecule has 5 heteroatoms. The van der Waals surface area contributed by atoms with Crippen molar-refractivity contribution in [3.8, 4) is 45.3 Å². The van der Waals surface area contributed by atoms with Crippen LogP contribution in [-0.4, -0.2) is 24.1 Å². The Hall–Kier alpha value is -7.37. The minimum Gasteiger partial charge on any atom is -0.309 e. The van der Waals surface area contributed by atoms with E-state index in [1.54, 1.807) is 0 Å². The summed E-state index contributed by atoms with van der Waals surface area (Å²) >= 11 is 0. The van der Waals surface area contributed by atoms with Gasteiger partial charge in [0.2, 0.25) is 0 Å². The number of aromatic nitrogens is 5. The number of hydrogen-bond acceptors (Lipinski definition) is 3. The Balaban J connectivity index is 1.25. The SMILES string of the molecule is C/C=C\C=C(/C)c1nc(-c2ccc(-c3ccccc3)cc2)nc(-c2cc(-n3c4ccccc4c4ccccc43)cc(-n3c4ccccc4c4ccccc43)c2)n1. The lowest BCUT2D eigenvalue weighted by Gasteiger charge is -2.16. The second-order valence-electron chi connectivity index (χ2n) is 14.1. The molecule has 0 atom stereocenters. The summed E-state index contributed by atoms with van der Waals surface area (Å²) in [6, 6.07) is 60.2. The van der Waals surface area contributed by atoms with E-state index in [9.17, 15) is 0 Å². The third kappa shape index (κ3) is 5.69. The number of hydrogen-bond donors (Lipinski definition) is 0. The summed E-state index contributed by atoms with van der Waals surface area (Å²) in [7, 11) is 0. The molecule has 0 saturated carbocycles.